The Kier molecular flexibility index (Phi) is 6.61. The van der Waals surface area contributed by atoms with Crippen LogP contribution in [0.3, 0.4) is 0 Å². The van der Waals surface area contributed by atoms with Crippen LogP contribution in [-0.2, 0) is 26.8 Å². The molecule has 1 aliphatic carbocycles. The second-order valence-corrected chi connectivity index (χ2v) is 4.55. The van der Waals surface area contributed by atoms with Crippen LogP contribution in [0.5, 0.6) is 0 Å². The summed E-state index contributed by atoms with van der Waals surface area (Å²) < 4.78 is 65.6. The zero-order valence-corrected chi connectivity index (χ0v) is 11.9. The van der Waals surface area contributed by atoms with Gasteiger partial charge in [0.25, 0.3) is 0 Å². The Bertz CT molecular complexity index is 440. The molecule has 113 valence electrons. The van der Waals surface area contributed by atoms with Crippen LogP contribution in [0.4, 0.5) is 22.0 Å². The van der Waals surface area contributed by atoms with E-state index in [0.717, 1.165) is 12.8 Å². The van der Waals surface area contributed by atoms with Gasteiger partial charge in [0, 0.05) is 26.0 Å². The molecule has 0 nitrogen and oxygen atoms in total. The predicted octanol–water partition coefficient (Wildman–Crippen LogP) is 4.34. The van der Waals surface area contributed by atoms with Crippen molar-refractivity contribution in [3.05, 3.63) is 53.9 Å². The van der Waals surface area contributed by atoms with Crippen LogP contribution in [-0.4, -0.2) is 0 Å². The van der Waals surface area contributed by atoms with Crippen molar-refractivity contribution >= 4 is 0 Å². The summed E-state index contributed by atoms with van der Waals surface area (Å²) in [6, 6.07) is 0. The van der Waals surface area contributed by atoms with Crippen LogP contribution in [0.2, 0.25) is 0 Å². The van der Waals surface area contributed by atoms with Crippen LogP contribution in [0.15, 0.2) is 0 Å². The molecule has 1 aromatic rings. The first-order chi connectivity index (χ1) is 9.02. The second kappa shape index (κ2) is 7.51. The maximum absolute atomic E-state index is 13.4. The topological polar surface area (TPSA) is 0 Å². The van der Waals surface area contributed by atoms with Crippen molar-refractivity contribution in [1.29, 1.82) is 0 Å². The zero-order chi connectivity index (χ0) is 14.0. The second-order valence-electron chi connectivity index (χ2n) is 4.55. The van der Waals surface area contributed by atoms with E-state index in [1.165, 1.54) is 0 Å². The van der Waals surface area contributed by atoms with E-state index in [0.29, 0.717) is 6.42 Å². The van der Waals surface area contributed by atoms with Crippen molar-refractivity contribution < 1.29 is 42.4 Å². The van der Waals surface area contributed by atoms with Gasteiger partial charge in [-0.1, -0.05) is 0 Å². The molecule has 1 fully saturated rings. The summed E-state index contributed by atoms with van der Waals surface area (Å²) in [6.07, 6.45) is 7.59. The van der Waals surface area contributed by atoms with E-state index >= 15 is 0 Å². The summed E-state index contributed by atoms with van der Waals surface area (Å²) in [7, 11) is 0. The molecule has 1 saturated carbocycles. The minimum atomic E-state index is -2.11. The molecule has 1 aliphatic rings. The van der Waals surface area contributed by atoms with Crippen LogP contribution >= 0.6 is 0 Å². The van der Waals surface area contributed by atoms with Crippen LogP contribution in [0.25, 0.3) is 0 Å². The van der Waals surface area contributed by atoms with Gasteiger partial charge in [0.15, 0.2) is 23.3 Å². The summed E-state index contributed by atoms with van der Waals surface area (Å²) in [4.78, 5) is 0. The number of hydrogen-bond donors (Lipinski definition) is 0. The first-order valence-corrected chi connectivity index (χ1v) is 6.02. The predicted molar refractivity (Wildman–Crippen MR) is 60.2 cm³/mol. The van der Waals surface area contributed by atoms with Gasteiger partial charge in [-0.25, -0.2) is 22.0 Å². The molecule has 0 aliphatic heterocycles. The van der Waals surface area contributed by atoms with Crippen LogP contribution in [0, 0.1) is 54.3 Å². The minimum Gasteiger partial charge on any atom is -0.203 e. The van der Waals surface area contributed by atoms with Crippen molar-refractivity contribution in [3.8, 4) is 0 Å². The van der Waals surface area contributed by atoms with Gasteiger partial charge in [0.05, 0.1) is 0 Å². The molecule has 2 rings (SSSR count). The standard InChI is InChI=1S/C14H12F5.Pd/c15-10-9(7-6-8-4-2-1-3-5-8)11(16)13(18)14(19)12(10)17;/h1-2,4,8H,3,5-7H2;. The molecule has 3 radical (unpaired) electrons. The van der Waals surface area contributed by atoms with E-state index in [9.17, 15) is 22.0 Å². The first-order valence-electron chi connectivity index (χ1n) is 6.02. The summed E-state index contributed by atoms with van der Waals surface area (Å²) in [5, 5.41) is 0. The first kappa shape index (κ1) is 17.6. The molecule has 1 atom stereocenters. The Morgan fingerprint density at radius 1 is 0.900 bits per heavy atom. The molecule has 1 aromatic carbocycles. The fraction of sp³-hybridized carbons (Fsp3) is 0.357. The maximum atomic E-state index is 13.4. The summed E-state index contributed by atoms with van der Waals surface area (Å²) in [5.74, 6) is -9.18. The van der Waals surface area contributed by atoms with E-state index < -0.39 is 34.6 Å². The van der Waals surface area contributed by atoms with Gasteiger partial charge in [-0.2, -0.15) is 0 Å². The van der Waals surface area contributed by atoms with Gasteiger partial charge in [0.1, 0.15) is 0 Å². The average Bonchev–Trinajstić information content (AvgIpc) is 2.44. The summed E-state index contributed by atoms with van der Waals surface area (Å²) >= 11 is 0. The Morgan fingerprint density at radius 2 is 1.45 bits per heavy atom. The Morgan fingerprint density at radius 3 is 1.95 bits per heavy atom. The third-order valence-corrected chi connectivity index (χ3v) is 3.29. The Balaban J connectivity index is 0.00000200. The van der Waals surface area contributed by atoms with Crippen LogP contribution < -0.4 is 0 Å². The van der Waals surface area contributed by atoms with Crippen molar-refractivity contribution in [3.63, 3.8) is 0 Å². The molecule has 0 amide bonds. The summed E-state index contributed by atoms with van der Waals surface area (Å²) in [5.41, 5.74) is -0.723. The van der Waals surface area contributed by atoms with E-state index in [4.69, 9.17) is 0 Å². The van der Waals surface area contributed by atoms with Crippen molar-refractivity contribution in [2.75, 3.05) is 0 Å². The number of hydrogen-bond acceptors (Lipinski definition) is 0. The molecule has 20 heavy (non-hydrogen) atoms. The van der Waals surface area contributed by atoms with E-state index in [-0.39, 0.29) is 32.8 Å². The van der Waals surface area contributed by atoms with Crippen molar-refractivity contribution in [2.24, 2.45) is 5.92 Å². The van der Waals surface area contributed by atoms with Crippen molar-refractivity contribution in [1.82, 2.24) is 0 Å². The Hall–Kier alpha value is -0.468. The van der Waals surface area contributed by atoms with E-state index in [1.807, 2.05) is 19.3 Å². The molecule has 0 heterocycles. The SMILES string of the molecule is Fc1c(F)c(F)c(CCC2[CH][CH][CH]CC2)c(F)c1F.[Pd]. The number of halogens is 5. The quantitative estimate of drug-likeness (QED) is 0.316. The summed E-state index contributed by atoms with van der Waals surface area (Å²) in [6.45, 7) is 0. The third-order valence-electron chi connectivity index (χ3n) is 3.29. The zero-order valence-electron chi connectivity index (χ0n) is 10.3. The van der Waals surface area contributed by atoms with Gasteiger partial charge in [-0.3, -0.25) is 0 Å². The molecule has 6 heteroatoms. The van der Waals surface area contributed by atoms with Gasteiger partial charge < -0.3 is 0 Å². The smallest absolute Gasteiger partial charge is 0.200 e. The van der Waals surface area contributed by atoms with Crippen LogP contribution in [0.1, 0.15) is 24.8 Å². The fourth-order valence-corrected chi connectivity index (χ4v) is 2.18. The van der Waals surface area contributed by atoms with Gasteiger partial charge in [-0.05, 0) is 50.9 Å². The molecular formula is C14H12F5Pd. The monoisotopic (exact) mass is 381 g/mol. The van der Waals surface area contributed by atoms with E-state index in [2.05, 4.69) is 0 Å². The van der Waals surface area contributed by atoms with Crippen molar-refractivity contribution in [2.45, 2.75) is 25.7 Å². The molecule has 1 unspecified atom stereocenters. The normalized spacial score (nSPS) is 16.1. The molecule has 0 N–H and O–H groups in total. The molecule has 0 spiro atoms. The molecule has 0 aromatic heterocycles. The molecule has 0 bridgehead atoms. The average molecular weight is 382 g/mol. The number of benzene rings is 1. The third kappa shape index (κ3) is 3.59. The molecular weight excluding hydrogens is 370 g/mol. The minimum absolute atomic E-state index is 0. The largest absolute Gasteiger partial charge is 0.203 e. The Labute approximate surface area is 128 Å². The van der Waals surface area contributed by atoms with Gasteiger partial charge in [-0.15, -0.1) is 0 Å². The maximum Gasteiger partial charge on any atom is 0.200 e. The van der Waals surface area contributed by atoms with Gasteiger partial charge >= 0.3 is 0 Å². The molecule has 0 saturated heterocycles. The fourth-order valence-electron chi connectivity index (χ4n) is 2.18. The van der Waals surface area contributed by atoms with Gasteiger partial charge in [0.2, 0.25) is 5.82 Å². The number of rotatable bonds is 3. The van der Waals surface area contributed by atoms with E-state index in [1.54, 1.807) is 0 Å².